The highest BCUT2D eigenvalue weighted by molar-refractivity contribution is 5.80. The van der Waals surface area contributed by atoms with E-state index >= 15 is 0 Å². The van der Waals surface area contributed by atoms with Crippen molar-refractivity contribution in [3.05, 3.63) is 0 Å². The highest BCUT2D eigenvalue weighted by Crippen LogP contribution is 2.62. The number of morpholine rings is 1. The maximum absolute atomic E-state index is 13.0. The second-order valence-electron chi connectivity index (χ2n) is 4.47. The zero-order valence-corrected chi connectivity index (χ0v) is 8.92. The SMILES string of the molecule is O=C(O)C1(CCN2CCOCC2)CC1(F)F. The molecule has 1 unspecified atom stereocenters. The number of aliphatic carboxylic acids is 1. The summed E-state index contributed by atoms with van der Waals surface area (Å²) in [5.74, 6) is -4.39. The Morgan fingerprint density at radius 1 is 1.38 bits per heavy atom. The van der Waals surface area contributed by atoms with Crippen molar-refractivity contribution in [2.45, 2.75) is 18.8 Å². The minimum Gasteiger partial charge on any atom is -0.481 e. The van der Waals surface area contributed by atoms with E-state index in [9.17, 15) is 13.6 Å². The Labute approximate surface area is 92.2 Å². The summed E-state index contributed by atoms with van der Waals surface area (Å²) in [5, 5.41) is 8.85. The molecule has 2 fully saturated rings. The van der Waals surface area contributed by atoms with Crippen LogP contribution in [0.3, 0.4) is 0 Å². The number of rotatable bonds is 4. The maximum atomic E-state index is 13.0. The number of hydrogen-bond acceptors (Lipinski definition) is 3. The molecule has 1 aliphatic heterocycles. The lowest BCUT2D eigenvalue weighted by atomic mass is 10.0. The van der Waals surface area contributed by atoms with Crippen LogP contribution in [0.2, 0.25) is 0 Å². The number of halogens is 2. The zero-order valence-electron chi connectivity index (χ0n) is 8.92. The maximum Gasteiger partial charge on any atom is 0.316 e. The summed E-state index contributed by atoms with van der Waals surface area (Å²) in [5.41, 5.74) is -1.80. The highest BCUT2D eigenvalue weighted by atomic mass is 19.3. The summed E-state index contributed by atoms with van der Waals surface area (Å²) >= 11 is 0. The molecule has 1 atom stereocenters. The Morgan fingerprint density at radius 3 is 2.38 bits per heavy atom. The van der Waals surface area contributed by atoms with Crippen molar-refractivity contribution in [2.24, 2.45) is 5.41 Å². The molecule has 1 N–H and O–H groups in total. The normalized spacial score (nSPS) is 33.6. The van der Waals surface area contributed by atoms with Crippen LogP contribution in [0.1, 0.15) is 12.8 Å². The summed E-state index contributed by atoms with van der Waals surface area (Å²) in [4.78, 5) is 12.8. The minimum absolute atomic E-state index is 0.0231. The lowest BCUT2D eigenvalue weighted by Gasteiger charge is -2.27. The third-order valence-electron chi connectivity index (χ3n) is 3.47. The lowest BCUT2D eigenvalue weighted by molar-refractivity contribution is -0.148. The van der Waals surface area contributed by atoms with Crippen molar-refractivity contribution in [1.82, 2.24) is 4.90 Å². The predicted octanol–water partition coefficient (Wildman–Crippen LogP) is 0.819. The molecule has 0 aromatic rings. The molecule has 0 amide bonds. The summed E-state index contributed by atoms with van der Waals surface area (Å²) < 4.78 is 31.2. The van der Waals surface area contributed by atoms with Crippen LogP contribution in [0.15, 0.2) is 0 Å². The van der Waals surface area contributed by atoms with Gasteiger partial charge in [0.2, 0.25) is 0 Å². The molecule has 0 spiro atoms. The molecule has 4 nitrogen and oxygen atoms in total. The van der Waals surface area contributed by atoms with Gasteiger partial charge in [-0.3, -0.25) is 9.69 Å². The van der Waals surface area contributed by atoms with Crippen molar-refractivity contribution >= 4 is 5.97 Å². The lowest BCUT2D eigenvalue weighted by Crippen LogP contribution is -2.39. The van der Waals surface area contributed by atoms with Crippen molar-refractivity contribution in [2.75, 3.05) is 32.8 Å². The molecule has 1 saturated heterocycles. The van der Waals surface area contributed by atoms with Crippen LogP contribution in [0.25, 0.3) is 0 Å². The highest BCUT2D eigenvalue weighted by Gasteiger charge is 2.75. The van der Waals surface area contributed by atoms with Gasteiger partial charge < -0.3 is 9.84 Å². The molecule has 1 heterocycles. The van der Waals surface area contributed by atoms with E-state index in [2.05, 4.69) is 0 Å². The average molecular weight is 235 g/mol. The van der Waals surface area contributed by atoms with E-state index in [1.807, 2.05) is 4.90 Å². The van der Waals surface area contributed by atoms with Gasteiger partial charge in [0.05, 0.1) is 13.2 Å². The number of carboxylic acids is 1. The number of ether oxygens (including phenoxy) is 1. The molecule has 6 heteroatoms. The number of carbonyl (C=O) groups is 1. The smallest absolute Gasteiger partial charge is 0.316 e. The first kappa shape index (κ1) is 11.7. The fourth-order valence-corrected chi connectivity index (χ4v) is 2.12. The fraction of sp³-hybridized carbons (Fsp3) is 0.900. The van der Waals surface area contributed by atoms with E-state index in [4.69, 9.17) is 9.84 Å². The number of carboxylic acid groups (broad SMARTS) is 1. The van der Waals surface area contributed by atoms with Crippen molar-refractivity contribution in [3.8, 4) is 0 Å². The Kier molecular flexibility index (Phi) is 2.88. The molecular formula is C10H15F2NO3. The number of nitrogens with zero attached hydrogens (tertiary/aromatic N) is 1. The van der Waals surface area contributed by atoms with E-state index in [0.29, 0.717) is 32.8 Å². The van der Waals surface area contributed by atoms with Gasteiger partial charge in [-0.1, -0.05) is 0 Å². The first-order valence-electron chi connectivity index (χ1n) is 5.39. The third kappa shape index (κ3) is 1.91. The largest absolute Gasteiger partial charge is 0.481 e. The second-order valence-corrected chi connectivity index (χ2v) is 4.47. The van der Waals surface area contributed by atoms with Crippen molar-refractivity contribution in [1.29, 1.82) is 0 Å². The summed E-state index contributed by atoms with van der Waals surface area (Å²) in [6.45, 7) is 2.99. The molecular weight excluding hydrogens is 220 g/mol. The van der Waals surface area contributed by atoms with Crippen molar-refractivity contribution < 1.29 is 23.4 Å². The molecule has 2 aliphatic rings. The summed E-state index contributed by atoms with van der Waals surface area (Å²) in [6.07, 6.45) is -0.491. The van der Waals surface area contributed by atoms with Gasteiger partial charge in [-0.25, -0.2) is 8.78 Å². The average Bonchev–Trinajstić information content (AvgIpc) is 2.81. The topological polar surface area (TPSA) is 49.8 Å². The van der Waals surface area contributed by atoms with Gasteiger partial charge in [-0.05, 0) is 13.0 Å². The van der Waals surface area contributed by atoms with Crippen LogP contribution in [0.5, 0.6) is 0 Å². The molecule has 1 saturated carbocycles. The summed E-state index contributed by atoms with van der Waals surface area (Å²) in [7, 11) is 0. The van der Waals surface area contributed by atoms with Crippen LogP contribution >= 0.6 is 0 Å². The summed E-state index contributed by atoms with van der Waals surface area (Å²) in [6, 6.07) is 0. The number of hydrogen-bond donors (Lipinski definition) is 1. The molecule has 2 rings (SSSR count). The minimum atomic E-state index is -3.02. The first-order chi connectivity index (χ1) is 7.48. The predicted molar refractivity (Wildman–Crippen MR) is 51.5 cm³/mol. The van der Waals surface area contributed by atoms with Gasteiger partial charge in [0, 0.05) is 19.5 Å². The van der Waals surface area contributed by atoms with Crippen LogP contribution < -0.4 is 0 Å². The van der Waals surface area contributed by atoms with Gasteiger partial charge in [0.1, 0.15) is 5.41 Å². The molecule has 16 heavy (non-hydrogen) atoms. The molecule has 0 radical (unpaired) electrons. The molecule has 0 aromatic heterocycles. The van der Waals surface area contributed by atoms with E-state index in [0.717, 1.165) is 0 Å². The van der Waals surface area contributed by atoms with E-state index in [1.54, 1.807) is 0 Å². The van der Waals surface area contributed by atoms with E-state index in [-0.39, 0.29) is 6.42 Å². The van der Waals surface area contributed by atoms with Gasteiger partial charge in [-0.15, -0.1) is 0 Å². The van der Waals surface area contributed by atoms with E-state index in [1.165, 1.54) is 0 Å². The van der Waals surface area contributed by atoms with Crippen LogP contribution in [0.4, 0.5) is 8.78 Å². The van der Waals surface area contributed by atoms with Gasteiger partial charge in [-0.2, -0.15) is 0 Å². The van der Waals surface area contributed by atoms with Crippen molar-refractivity contribution in [3.63, 3.8) is 0 Å². The van der Waals surface area contributed by atoms with Crippen LogP contribution in [-0.4, -0.2) is 54.7 Å². The second kappa shape index (κ2) is 3.92. The molecule has 0 bridgehead atoms. The van der Waals surface area contributed by atoms with Gasteiger partial charge in [0.25, 0.3) is 5.92 Å². The zero-order chi connectivity index (χ0) is 11.8. The Bertz CT molecular complexity index is 292. The Balaban J connectivity index is 1.86. The monoisotopic (exact) mass is 235 g/mol. The standard InChI is InChI=1S/C10H15F2NO3/c11-10(12)7-9(10,8(14)15)1-2-13-3-5-16-6-4-13/h1-7H2,(H,14,15). The first-order valence-corrected chi connectivity index (χ1v) is 5.39. The van der Waals surface area contributed by atoms with Gasteiger partial charge >= 0.3 is 5.97 Å². The van der Waals surface area contributed by atoms with Crippen LogP contribution in [0, 0.1) is 5.41 Å². The van der Waals surface area contributed by atoms with Crippen LogP contribution in [-0.2, 0) is 9.53 Å². The molecule has 92 valence electrons. The Morgan fingerprint density at radius 2 is 1.94 bits per heavy atom. The quantitative estimate of drug-likeness (QED) is 0.783. The van der Waals surface area contributed by atoms with Gasteiger partial charge in [0.15, 0.2) is 0 Å². The molecule has 0 aromatic carbocycles. The van der Waals surface area contributed by atoms with E-state index < -0.39 is 23.7 Å². The molecule has 1 aliphatic carbocycles. The fourth-order valence-electron chi connectivity index (χ4n) is 2.12. The number of alkyl halides is 2. The Hall–Kier alpha value is -0.750. The third-order valence-corrected chi connectivity index (χ3v) is 3.47.